The van der Waals surface area contributed by atoms with Gasteiger partial charge in [0.2, 0.25) is 0 Å². The number of likely N-dealkylation sites (N-methyl/N-ethyl adjacent to an activating group) is 2. The molecule has 0 radical (unpaired) electrons. The first-order chi connectivity index (χ1) is 14.9. The van der Waals surface area contributed by atoms with Gasteiger partial charge in [0.15, 0.2) is 5.16 Å². The molecular weight excluding hydrogens is 436 g/mol. The number of nitrogens with zero attached hydrogens (tertiary/aromatic N) is 5. The molecule has 3 aromatic rings. The summed E-state index contributed by atoms with van der Waals surface area (Å²) in [4.78, 5) is 40.6. The Labute approximate surface area is 187 Å². The lowest BCUT2D eigenvalue weighted by Crippen LogP contribution is -2.61. The van der Waals surface area contributed by atoms with E-state index in [1.54, 1.807) is 7.05 Å². The number of nitrogens with one attached hydrogen (secondary N) is 1. The number of carbonyl (C=O) groups is 2. The van der Waals surface area contributed by atoms with Crippen molar-refractivity contribution in [3.63, 3.8) is 0 Å². The number of imidazole rings is 1. The molecule has 2 aliphatic heterocycles. The van der Waals surface area contributed by atoms with Crippen molar-refractivity contribution >= 4 is 57.3 Å². The Kier molecular flexibility index (Phi) is 4.79. The second-order valence-corrected chi connectivity index (χ2v) is 8.64. The third-order valence-electron chi connectivity index (χ3n) is 5.35. The molecule has 5 rings (SSSR count). The van der Waals surface area contributed by atoms with E-state index in [0.717, 1.165) is 21.5 Å². The van der Waals surface area contributed by atoms with Gasteiger partial charge in [-0.25, -0.2) is 14.4 Å². The minimum absolute atomic E-state index is 0.325. The fourth-order valence-electron chi connectivity index (χ4n) is 3.69. The zero-order chi connectivity index (χ0) is 21.7. The number of benzene rings is 2. The van der Waals surface area contributed by atoms with E-state index in [-0.39, 0.29) is 5.91 Å². The fraction of sp³-hybridized carbons (Fsp3) is 0.190. The van der Waals surface area contributed by atoms with Gasteiger partial charge in [-0.2, -0.15) is 0 Å². The van der Waals surface area contributed by atoms with E-state index in [1.807, 2.05) is 53.1 Å². The summed E-state index contributed by atoms with van der Waals surface area (Å²) >= 11 is 7.72. The van der Waals surface area contributed by atoms with E-state index in [4.69, 9.17) is 11.6 Å². The van der Waals surface area contributed by atoms with Crippen LogP contribution in [0.3, 0.4) is 0 Å². The van der Waals surface area contributed by atoms with Gasteiger partial charge in [0.25, 0.3) is 17.8 Å². The lowest BCUT2D eigenvalue weighted by Gasteiger charge is -2.30. The van der Waals surface area contributed by atoms with Gasteiger partial charge < -0.3 is 4.98 Å². The number of imide groups is 1. The third-order valence-corrected chi connectivity index (χ3v) is 6.61. The SMILES string of the molecule is CN1C(=O)C2C(=NC(Sc3nc4ccccc4[nH]3)=[N+]2Cc2ccccc2Cl)N(C)C1=O. The van der Waals surface area contributed by atoms with Gasteiger partial charge in [0.1, 0.15) is 6.54 Å². The first-order valence-corrected chi connectivity index (χ1v) is 10.8. The number of H-pyrrole nitrogens is 1. The number of fused-ring (bicyclic) bond motifs is 2. The summed E-state index contributed by atoms with van der Waals surface area (Å²) in [5.41, 5.74) is 2.61. The third kappa shape index (κ3) is 3.30. The molecule has 1 saturated heterocycles. The quantitative estimate of drug-likeness (QED) is 0.617. The number of aromatic nitrogens is 2. The van der Waals surface area contributed by atoms with E-state index < -0.39 is 12.1 Å². The maximum Gasteiger partial charge on any atom is 0.365 e. The van der Waals surface area contributed by atoms with Gasteiger partial charge in [-0.15, -0.1) is 0 Å². The molecule has 1 N–H and O–H groups in total. The number of halogens is 1. The average molecular weight is 454 g/mol. The van der Waals surface area contributed by atoms with Crippen molar-refractivity contribution < 1.29 is 14.2 Å². The second-order valence-electron chi connectivity index (χ2n) is 7.27. The highest BCUT2D eigenvalue weighted by Gasteiger charge is 2.53. The van der Waals surface area contributed by atoms with Gasteiger partial charge in [0, 0.05) is 36.4 Å². The Hall–Kier alpha value is -3.17. The Morgan fingerprint density at radius 2 is 1.84 bits per heavy atom. The van der Waals surface area contributed by atoms with Crippen LogP contribution in [0.2, 0.25) is 5.02 Å². The topological polar surface area (TPSA) is 84.7 Å². The van der Waals surface area contributed by atoms with Gasteiger partial charge in [0.05, 0.1) is 11.0 Å². The first-order valence-electron chi connectivity index (χ1n) is 9.57. The van der Waals surface area contributed by atoms with Crippen LogP contribution in [0.25, 0.3) is 11.0 Å². The number of para-hydroxylation sites is 2. The number of hydrogen-bond acceptors (Lipinski definition) is 5. The Morgan fingerprint density at radius 3 is 2.61 bits per heavy atom. The van der Waals surface area contributed by atoms with Crippen LogP contribution in [-0.2, 0) is 11.3 Å². The van der Waals surface area contributed by atoms with Crippen molar-refractivity contribution in [2.24, 2.45) is 4.99 Å². The van der Waals surface area contributed by atoms with Crippen LogP contribution in [-0.4, -0.2) is 67.4 Å². The Bertz CT molecular complexity index is 1270. The number of amidine groups is 2. The summed E-state index contributed by atoms with van der Waals surface area (Å²) in [7, 11) is 3.11. The zero-order valence-electron chi connectivity index (χ0n) is 16.7. The number of rotatable bonds is 3. The second kappa shape index (κ2) is 7.51. The number of hydrogen-bond donors (Lipinski definition) is 1. The molecule has 0 saturated carbocycles. The van der Waals surface area contributed by atoms with Gasteiger partial charge in [-0.05, 0) is 23.2 Å². The normalized spacial score (nSPS) is 18.8. The highest BCUT2D eigenvalue weighted by molar-refractivity contribution is 8.13. The number of aliphatic imine (C=N–C) groups is 1. The molecule has 1 fully saturated rings. The number of amides is 3. The largest absolute Gasteiger partial charge is 0.365 e. The Balaban J connectivity index is 1.59. The molecule has 3 heterocycles. The predicted octanol–water partition coefficient (Wildman–Crippen LogP) is 3.18. The molecule has 1 unspecified atom stereocenters. The van der Waals surface area contributed by atoms with Crippen molar-refractivity contribution in [1.29, 1.82) is 0 Å². The minimum Gasteiger partial charge on any atom is -0.332 e. The molecular formula is C21H18ClN6O2S+. The summed E-state index contributed by atoms with van der Waals surface area (Å²) in [6, 6.07) is 14.1. The Morgan fingerprint density at radius 1 is 1.10 bits per heavy atom. The van der Waals surface area contributed by atoms with Crippen molar-refractivity contribution in [1.82, 2.24) is 19.8 Å². The van der Waals surface area contributed by atoms with Crippen molar-refractivity contribution in [3.05, 3.63) is 59.1 Å². The minimum atomic E-state index is -0.712. The van der Waals surface area contributed by atoms with E-state index in [1.165, 1.54) is 23.7 Å². The van der Waals surface area contributed by atoms with E-state index >= 15 is 0 Å². The van der Waals surface area contributed by atoms with Gasteiger partial charge in [-0.3, -0.25) is 14.6 Å². The molecule has 31 heavy (non-hydrogen) atoms. The molecule has 10 heteroatoms. The van der Waals surface area contributed by atoms with Crippen LogP contribution in [0.4, 0.5) is 4.79 Å². The molecule has 1 aromatic heterocycles. The van der Waals surface area contributed by atoms with Gasteiger partial charge in [-0.1, -0.05) is 41.9 Å². The summed E-state index contributed by atoms with van der Waals surface area (Å²) in [6.45, 7) is 0.363. The van der Waals surface area contributed by atoms with E-state index in [2.05, 4.69) is 15.0 Å². The van der Waals surface area contributed by atoms with Crippen LogP contribution in [0, 0.1) is 0 Å². The van der Waals surface area contributed by atoms with Crippen LogP contribution < -0.4 is 0 Å². The molecule has 2 aromatic carbocycles. The first kappa shape index (κ1) is 19.8. The molecule has 0 spiro atoms. The monoisotopic (exact) mass is 453 g/mol. The molecule has 156 valence electrons. The molecule has 8 nitrogen and oxygen atoms in total. The molecule has 2 aliphatic rings. The average Bonchev–Trinajstić information content (AvgIpc) is 3.33. The summed E-state index contributed by atoms with van der Waals surface area (Å²) < 4.78 is 1.87. The number of aromatic amines is 1. The number of carbonyl (C=O) groups excluding carboxylic acids is 2. The maximum absolute atomic E-state index is 13.1. The summed E-state index contributed by atoms with van der Waals surface area (Å²) in [5.74, 6) is 0.0767. The zero-order valence-corrected chi connectivity index (χ0v) is 18.3. The summed E-state index contributed by atoms with van der Waals surface area (Å²) in [6.07, 6.45) is 0. The standard InChI is InChI=1S/C21H18ClN6O2S/c1-26-17-16(18(29)27(2)21(26)30)28(11-12-7-3-4-8-13(12)22)20(25-17)31-19-23-14-9-5-6-10-15(14)24-19/h3-10,16H,11H2,1-2H3,(H,23,24)/q+1. The van der Waals surface area contributed by atoms with Crippen LogP contribution in [0.15, 0.2) is 58.7 Å². The van der Waals surface area contributed by atoms with Crippen molar-refractivity contribution in [2.75, 3.05) is 14.1 Å². The van der Waals surface area contributed by atoms with Gasteiger partial charge >= 0.3 is 11.2 Å². The number of urea groups is 1. The fourth-order valence-corrected chi connectivity index (χ4v) is 4.79. The maximum atomic E-state index is 13.1. The molecule has 0 aliphatic carbocycles. The lowest BCUT2D eigenvalue weighted by molar-refractivity contribution is -0.548. The highest BCUT2D eigenvalue weighted by Crippen LogP contribution is 2.29. The van der Waals surface area contributed by atoms with E-state index in [9.17, 15) is 9.59 Å². The molecule has 3 amide bonds. The van der Waals surface area contributed by atoms with Crippen LogP contribution in [0.1, 0.15) is 5.56 Å². The highest BCUT2D eigenvalue weighted by atomic mass is 35.5. The van der Waals surface area contributed by atoms with Crippen molar-refractivity contribution in [3.8, 4) is 0 Å². The smallest absolute Gasteiger partial charge is 0.332 e. The molecule has 0 bridgehead atoms. The predicted molar refractivity (Wildman–Crippen MR) is 120 cm³/mol. The molecule has 1 atom stereocenters. The van der Waals surface area contributed by atoms with Crippen LogP contribution in [0.5, 0.6) is 0 Å². The lowest BCUT2D eigenvalue weighted by atomic mass is 10.1. The van der Waals surface area contributed by atoms with E-state index in [0.29, 0.717) is 27.7 Å². The van der Waals surface area contributed by atoms with Crippen LogP contribution >= 0.6 is 23.4 Å². The summed E-state index contributed by atoms with van der Waals surface area (Å²) in [5, 5.41) is 1.82. The van der Waals surface area contributed by atoms with Crippen molar-refractivity contribution in [2.45, 2.75) is 17.7 Å². The number of thioether (sulfide) groups is 1.